The predicted octanol–water partition coefficient (Wildman–Crippen LogP) is 1.14. The van der Waals surface area contributed by atoms with Gasteiger partial charge in [-0.3, -0.25) is 9.59 Å². The number of anilines is 1. The molecule has 1 aromatic heterocycles. The summed E-state index contributed by atoms with van der Waals surface area (Å²) >= 11 is 7.47. The zero-order valence-electron chi connectivity index (χ0n) is 15.6. The molecule has 2 fully saturated rings. The standard InChI is InChI=1S/C17H24ClN5O3S/c1-12-10-22(3-4-23(12)13(2)24)15-9-14(18)19-17(20-15)27-11-16(25)21-5-7-26-8-6-21/h9,12H,3-8,10-11H2,1-2H3. The summed E-state index contributed by atoms with van der Waals surface area (Å²) in [5.41, 5.74) is 0. The van der Waals surface area contributed by atoms with Crippen LogP contribution < -0.4 is 4.90 Å². The number of aromatic nitrogens is 2. The lowest BCUT2D eigenvalue weighted by molar-refractivity contribution is -0.132. The maximum Gasteiger partial charge on any atom is 0.233 e. The Kier molecular flexibility index (Phi) is 6.78. The molecule has 10 heteroatoms. The molecule has 0 radical (unpaired) electrons. The van der Waals surface area contributed by atoms with E-state index in [9.17, 15) is 9.59 Å². The van der Waals surface area contributed by atoms with Crippen molar-refractivity contribution in [1.82, 2.24) is 19.8 Å². The Labute approximate surface area is 168 Å². The summed E-state index contributed by atoms with van der Waals surface area (Å²) in [6.45, 7) is 8.05. The maximum atomic E-state index is 12.3. The SMILES string of the molecule is CC(=O)N1CCN(c2cc(Cl)nc(SCC(=O)N3CCOCC3)n2)CC1C. The third-order valence-electron chi connectivity index (χ3n) is 4.71. The molecule has 148 valence electrons. The minimum atomic E-state index is 0.0529. The van der Waals surface area contributed by atoms with Crippen LogP contribution in [0.4, 0.5) is 5.82 Å². The van der Waals surface area contributed by atoms with E-state index in [4.69, 9.17) is 16.3 Å². The van der Waals surface area contributed by atoms with Gasteiger partial charge < -0.3 is 19.4 Å². The van der Waals surface area contributed by atoms with Gasteiger partial charge in [-0.25, -0.2) is 9.97 Å². The molecular weight excluding hydrogens is 390 g/mol. The zero-order chi connectivity index (χ0) is 19.4. The van der Waals surface area contributed by atoms with Crippen LogP contribution in [0.2, 0.25) is 5.15 Å². The van der Waals surface area contributed by atoms with E-state index in [1.54, 1.807) is 17.9 Å². The highest BCUT2D eigenvalue weighted by Crippen LogP contribution is 2.24. The Balaban J connectivity index is 1.62. The molecule has 0 spiro atoms. The Morgan fingerprint density at radius 1 is 1.26 bits per heavy atom. The molecule has 2 aliphatic rings. The number of hydrogen-bond acceptors (Lipinski definition) is 7. The normalized spacial score (nSPS) is 20.7. The van der Waals surface area contributed by atoms with Gasteiger partial charge in [-0.2, -0.15) is 0 Å². The van der Waals surface area contributed by atoms with Crippen LogP contribution >= 0.6 is 23.4 Å². The predicted molar refractivity (Wildman–Crippen MR) is 104 cm³/mol. The molecule has 1 atom stereocenters. The molecule has 0 aromatic carbocycles. The van der Waals surface area contributed by atoms with Crippen LogP contribution in [-0.2, 0) is 14.3 Å². The van der Waals surface area contributed by atoms with E-state index in [0.29, 0.717) is 56.2 Å². The lowest BCUT2D eigenvalue weighted by atomic mass is 10.2. The Morgan fingerprint density at radius 3 is 2.67 bits per heavy atom. The number of thioether (sulfide) groups is 1. The topological polar surface area (TPSA) is 78.9 Å². The van der Waals surface area contributed by atoms with Crippen LogP contribution in [-0.4, -0.2) is 89.3 Å². The molecule has 8 nitrogen and oxygen atoms in total. The number of hydrogen-bond donors (Lipinski definition) is 0. The Bertz CT molecular complexity index is 701. The van der Waals surface area contributed by atoms with Gasteiger partial charge in [0.15, 0.2) is 5.16 Å². The number of piperazine rings is 1. The fraction of sp³-hybridized carbons (Fsp3) is 0.647. The molecule has 3 heterocycles. The average Bonchev–Trinajstić information content (AvgIpc) is 2.66. The average molecular weight is 414 g/mol. The summed E-state index contributed by atoms with van der Waals surface area (Å²) in [4.78, 5) is 38.5. The second kappa shape index (κ2) is 9.07. The van der Waals surface area contributed by atoms with Crippen LogP contribution in [0.3, 0.4) is 0 Å². The maximum absolute atomic E-state index is 12.3. The van der Waals surface area contributed by atoms with Crippen LogP contribution in [0.5, 0.6) is 0 Å². The molecule has 3 rings (SSSR count). The minimum Gasteiger partial charge on any atom is -0.378 e. The van der Waals surface area contributed by atoms with Gasteiger partial charge in [0.1, 0.15) is 11.0 Å². The van der Waals surface area contributed by atoms with Gasteiger partial charge >= 0.3 is 0 Å². The van der Waals surface area contributed by atoms with E-state index in [-0.39, 0.29) is 23.6 Å². The first-order valence-electron chi connectivity index (χ1n) is 8.99. The van der Waals surface area contributed by atoms with Crippen LogP contribution in [0, 0.1) is 0 Å². The molecule has 0 N–H and O–H groups in total. The van der Waals surface area contributed by atoms with Crippen LogP contribution in [0.1, 0.15) is 13.8 Å². The summed E-state index contributed by atoms with van der Waals surface area (Å²) in [6.07, 6.45) is 0. The lowest BCUT2D eigenvalue weighted by Crippen LogP contribution is -2.53. The molecule has 0 saturated carbocycles. The van der Waals surface area contributed by atoms with Gasteiger partial charge in [0, 0.05) is 51.8 Å². The minimum absolute atomic E-state index is 0.0529. The molecule has 2 aliphatic heterocycles. The summed E-state index contributed by atoms with van der Waals surface area (Å²) in [7, 11) is 0. The first-order valence-corrected chi connectivity index (χ1v) is 10.4. The van der Waals surface area contributed by atoms with Crippen LogP contribution in [0.25, 0.3) is 0 Å². The highest BCUT2D eigenvalue weighted by Gasteiger charge is 2.26. The highest BCUT2D eigenvalue weighted by atomic mass is 35.5. The van der Waals surface area contributed by atoms with E-state index in [0.717, 1.165) is 5.82 Å². The van der Waals surface area contributed by atoms with Crippen molar-refractivity contribution in [3.63, 3.8) is 0 Å². The number of rotatable bonds is 4. The van der Waals surface area contributed by atoms with E-state index in [1.807, 2.05) is 11.8 Å². The molecule has 2 amide bonds. The molecule has 1 aromatic rings. The molecule has 2 saturated heterocycles. The number of carbonyl (C=O) groups excluding carboxylic acids is 2. The van der Waals surface area contributed by atoms with Gasteiger partial charge in [0.2, 0.25) is 11.8 Å². The lowest BCUT2D eigenvalue weighted by Gasteiger charge is -2.40. The fourth-order valence-corrected chi connectivity index (χ4v) is 4.26. The van der Waals surface area contributed by atoms with Gasteiger partial charge in [-0.05, 0) is 6.92 Å². The number of ether oxygens (including phenoxy) is 1. The first kappa shape index (κ1) is 20.2. The number of halogens is 1. The van der Waals surface area contributed by atoms with Crippen molar-refractivity contribution in [3.8, 4) is 0 Å². The summed E-state index contributed by atoms with van der Waals surface area (Å²) in [5.74, 6) is 1.14. The summed E-state index contributed by atoms with van der Waals surface area (Å²) in [6, 6.07) is 1.83. The van der Waals surface area contributed by atoms with Gasteiger partial charge in [-0.15, -0.1) is 0 Å². The number of carbonyl (C=O) groups is 2. The second-order valence-electron chi connectivity index (χ2n) is 6.62. The van der Waals surface area contributed by atoms with Crippen molar-refractivity contribution in [2.24, 2.45) is 0 Å². The molecule has 0 aliphatic carbocycles. The second-order valence-corrected chi connectivity index (χ2v) is 7.95. The van der Waals surface area contributed by atoms with E-state index in [2.05, 4.69) is 14.9 Å². The van der Waals surface area contributed by atoms with Gasteiger partial charge in [-0.1, -0.05) is 23.4 Å². The van der Waals surface area contributed by atoms with Gasteiger partial charge in [0.25, 0.3) is 0 Å². The quantitative estimate of drug-likeness (QED) is 0.416. The highest BCUT2D eigenvalue weighted by molar-refractivity contribution is 7.99. The van der Waals surface area contributed by atoms with Crippen molar-refractivity contribution in [2.45, 2.75) is 25.0 Å². The third kappa shape index (κ3) is 5.24. The van der Waals surface area contributed by atoms with E-state index < -0.39 is 0 Å². The molecule has 27 heavy (non-hydrogen) atoms. The van der Waals surface area contributed by atoms with E-state index >= 15 is 0 Å². The van der Waals surface area contributed by atoms with Crippen LogP contribution in [0.15, 0.2) is 11.2 Å². The van der Waals surface area contributed by atoms with Crippen molar-refractivity contribution in [1.29, 1.82) is 0 Å². The molecule has 1 unspecified atom stereocenters. The van der Waals surface area contributed by atoms with Crippen molar-refractivity contribution >= 4 is 41.0 Å². The number of amides is 2. The Hall–Kier alpha value is -1.58. The smallest absolute Gasteiger partial charge is 0.233 e. The molecular formula is C17H24ClN5O3S. The monoisotopic (exact) mass is 413 g/mol. The summed E-state index contributed by atoms with van der Waals surface area (Å²) < 4.78 is 5.27. The summed E-state index contributed by atoms with van der Waals surface area (Å²) in [5, 5.41) is 0.837. The first-order chi connectivity index (χ1) is 12.9. The Morgan fingerprint density at radius 2 is 2.00 bits per heavy atom. The van der Waals surface area contributed by atoms with Crippen molar-refractivity contribution < 1.29 is 14.3 Å². The van der Waals surface area contributed by atoms with Crippen molar-refractivity contribution in [3.05, 3.63) is 11.2 Å². The third-order valence-corrected chi connectivity index (χ3v) is 5.73. The number of nitrogens with zero attached hydrogens (tertiary/aromatic N) is 5. The van der Waals surface area contributed by atoms with Crippen molar-refractivity contribution in [2.75, 3.05) is 56.6 Å². The van der Waals surface area contributed by atoms with Gasteiger partial charge in [0.05, 0.1) is 19.0 Å². The largest absolute Gasteiger partial charge is 0.378 e. The van der Waals surface area contributed by atoms with E-state index in [1.165, 1.54) is 11.8 Å². The zero-order valence-corrected chi connectivity index (χ0v) is 17.1. The number of morpholine rings is 1. The fourth-order valence-electron chi connectivity index (χ4n) is 3.28. The molecule has 0 bridgehead atoms.